The molecule has 112 valence electrons. The van der Waals surface area contributed by atoms with E-state index in [1.807, 2.05) is 55.5 Å². The minimum atomic E-state index is -0.531. The minimum Gasteiger partial charge on any atom is -0.449 e. The van der Waals surface area contributed by atoms with Crippen LogP contribution in [0.1, 0.15) is 16.2 Å². The maximum atomic E-state index is 12.4. The van der Waals surface area contributed by atoms with Crippen LogP contribution in [0.15, 0.2) is 65.1 Å². The van der Waals surface area contributed by atoms with Crippen molar-refractivity contribution in [3.8, 4) is 5.75 Å². The van der Waals surface area contributed by atoms with Gasteiger partial charge in [0.15, 0.2) is 5.75 Å². The molecule has 0 spiro atoms. The predicted octanol–water partition coefficient (Wildman–Crippen LogP) is 4.51. The number of aryl methyl sites for hydroxylation is 1. The summed E-state index contributed by atoms with van der Waals surface area (Å²) in [4.78, 5) is 16.8. The van der Waals surface area contributed by atoms with Gasteiger partial charge in [0.1, 0.15) is 11.1 Å². The molecular weight excluding hydrogens is 290 g/mol. The second-order valence-corrected chi connectivity index (χ2v) is 5.32. The number of para-hydroxylation sites is 2. The molecule has 0 fully saturated rings. The van der Waals surface area contributed by atoms with Gasteiger partial charge in [0.25, 0.3) is 0 Å². The molecule has 0 radical (unpaired) electrons. The molecule has 4 nitrogen and oxygen atoms in total. The first-order chi connectivity index (χ1) is 11.2. The molecule has 2 heterocycles. The van der Waals surface area contributed by atoms with Crippen LogP contribution in [0.5, 0.6) is 5.75 Å². The smallest absolute Gasteiger partial charge is 0.379 e. The molecule has 0 bridgehead atoms. The lowest BCUT2D eigenvalue weighted by atomic mass is 10.2. The van der Waals surface area contributed by atoms with Crippen molar-refractivity contribution < 1.29 is 13.9 Å². The van der Waals surface area contributed by atoms with Crippen LogP contribution in [0.2, 0.25) is 0 Å². The summed E-state index contributed by atoms with van der Waals surface area (Å²) in [6.07, 6.45) is 0. The lowest BCUT2D eigenvalue weighted by molar-refractivity contribution is 0.0706. The van der Waals surface area contributed by atoms with Crippen LogP contribution in [0, 0.1) is 6.92 Å². The Morgan fingerprint density at radius 3 is 2.70 bits per heavy atom. The van der Waals surface area contributed by atoms with Gasteiger partial charge in [-0.05, 0) is 31.2 Å². The van der Waals surface area contributed by atoms with Gasteiger partial charge in [-0.15, -0.1) is 0 Å². The van der Waals surface area contributed by atoms with E-state index in [2.05, 4.69) is 4.98 Å². The average molecular weight is 303 g/mol. The molecule has 0 atom stereocenters. The molecule has 0 saturated heterocycles. The number of ether oxygens (including phenoxy) is 1. The van der Waals surface area contributed by atoms with Crippen molar-refractivity contribution in [1.29, 1.82) is 0 Å². The molecule has 0 aliphatic rings. The summed E-state index contributed by atoms with van der Waals surface area (Å²) in [5, 5.41) is 1.79. The highest BCUT2D eigenvalue weighted by molar-refractivity contribution is 5.95. The van der Waals surface area contributed by atoms with Crippen molar-refractivity contribution in [3.05, 3.63) is 72.1 Å². The monoisotopic (exact) mass is 303 g/mol. The van der Waals surface area contributed by atoms with Gasteiger partial charge in [-0.1, -0.05) is 36.4 Å². The summed E-state index contributed by atoms with van der Waals surface area (Å²) in [7, 11) is 0. The average Bonchev–Trinajstić information content (AvgIpc) is 2.99. The Bertz CT molecular complexity index is 1000. The number of carbonyl (C=O) groups is 1. The highest BCUT2D eigenvalue weighted by Gasteiger charge is 2.16. The molecule has 0 N–H and O–H groups in total. The van der Waals surface area contributed by atoms with Gasteiger partial charge >= 0.3 is 5.97 Å². The third kappa shape index (κ3) is 2.44. The van der Waals surface area contributed by atoms with E-state index in [4.69, 9.17) is 9.15 Å². The predicted molar refractivity (Wildman–Crippen MR) is 87.7 cm³/mol. The minimum absolute atomic E-state index is 0.177. The lowest BCUT2D eigenvalue weighted by Gasteiger charge is -2.06. The number of benzene rings is 2. The molecule has 0 amide bonds. The van der Waals surface area contributed by atoms with Crippen molar-refractivity contribution in [2.45, 2.75) is 6.92 Å². The number of nitrogens with zero attached hydrogens (tertiary/aromatic N) is 1. The number of carbonyl (C=O) groups excluding carboxylic acids is 1. The molecule has 23 heavy (non-hydrogen) atoms. The number of hydrogen-bond acceptors (Lipinski definition) is 4. The normalized spacial score (nSPS) is 11.0. The second kappa shape index (κ2) is 5.25. The van der Waals surface area contributed by atoms with E-state index < -0.39 is 5.97 Å². The number of rotatable bonds is 2. The first-order valence-electron chi connectivity index (χ1n) is 7.28. The maximum absolute atomic E-state index is 12.4. The molecule has 2 aromatic carbocycles. The van der Waals surface area contributed by atoms with E-state index in [1.165, 1.54) is 0 Å². The zero-order chi connectivity index (χ0) is 15.8. The Labute approximate surface area is 132 Å². The molecule has 0 aliphatic heterocycles. The van der Waals surface area contributed by atoms with Crippen LogP contribution in [-0.2, 0) is 0 Å². The number of aromatic nitrogens is 1. The highest BCUT2D eigenvalue weighted by atomic mass is 16.5. The molecule has 0 aliphatic carbocycles. The van der Waals surface area contributed by atoms with Gasteiger partial charge in [-0.25, -0.2) is 9.78 Å². The van der Waals surface area contributed by atoms with Crippen molar-refractivity contribution in [3.63, 3.8) is 0 Å². The van der Waals surface area contributed by atoms with E-state index in [0.29, 0.717) is 16.8 Å². The number of hydrogen-bond donors (Lipinski definition) is 0. The number of pyridine rings is 1. The Hall–Kier alpha value is -3.14. The van der Waals surface area contributed by atoms with Crippen molar-refractivity contribution >= 4 is 27.8 Å². The zero-order valence-electron chi connectivity index (χ0n) is 12.4. The number of furan rings is 1. The second-order valence-electron chi connectivity index (χ2n) is 5.32. The Morgan fingerprint density at radius 1 is 1.00 bits per heavy atom. The first-order valence-corrected chi connectivity index (χ1v) is 7.28. The Kier molecular flexibility index (Phi) is 3.08. The molecule has 0 saturated carbocycles. The quantitative estimate of drug-likeness (QED) is 0.404. The third-order valence-electron chi connectivity index (χ3n) is 3.65. The summed E-state index contributed by atoms with van der Waals surface area (Å²) < 4.78 is 11.0. The fourth-order valence-corrected chi connectivity index (χ4v) is 2.53. The Balaban J connectivity index is 1.72. The fourth-order valence-electron chi connectivity index (χ4n) is 2.53. The van der Waals surface area contributed by atoms with Crippen LogP contribution >= 0.6 is 0 Å². The van der Waals surface area contributed by atoms with E-state index in [1.54, 1.807) is 12.1 Å². The molecule has 4 rings (SSSR count). The van der Waals surface area contributed by atoms with E-state index in [0.717, 1.165) is 16.5 Å². The van der Waals surface area contributed by atoms with Crippen molar-refractivity contribution in [2.75, 3.05) is 0 Å². The topological polar surface area (TPSA) is 52.3 Å². The molecule has 0 unspecified atom stereocenters. The zero-order valence-corrected chi connectivity index (χ0v) is 12.4. The summed E-state index contributed by atoms with van der Waals surface area (Å²) in [6.45, 7) is 1.90. The van der Waals surface area contributed by atoms with Crippen LogP contribution < -0.4 is 4.74 Å². The van der Waals surface area contributed by atoms with Gasteiger partial charge in [0.05, 0.1) is 0 Å². The van der Waals surface area contributed by atoms with Gasteiger partial charge in [0, 0.05) is 16.5 Å². The number of esters is 1. The summed E-state index contributed by atoms with van der Waals surface area (Å²) in [5.74, 6) is 0.0736. The first kappa shape index (κ1) is 13.5. The molecule has 2 aromatic heterocycles. The van der Waals surface area contributed by atoms with Crippen LogP contribution in [-0.4, -0.2) is 11.0 Å². The van der Waals surface area contributed by atoms with Crippen LogP contribution in [0.25, 0.3) is 21.9 Å². The maximum Gasteiger partial charge on any atom is 0.379 e. The largest absolute Gasteiger partial charge is 0.449 e. The van der Waals surface area contributed by atoms with Crippen molar-refractivity contribution in [2.24, 2.45) is 0 Å². The van der Waals surface area contributed by atoms with Crippen LogP contribution in [0.3, 0.4) is 0 Å². The van der Waals surface area contributed by atoms with E-state index in [9.17, 15) is 4.79 Å². The Morgan fingerprint density at radius 2 is 1.83 bits per heavy atom. The molecule has 4 aromatic rings. The van der Waals surface area contributed by atoms with E-state index >= 15 is 0 Å². The molecule has 4 heteroatoms. The standard InChI is InChI=1S/C19H13NO3/c1-12-9-10-13-6-4-8-16(18(13)20-12)23-19(21)17-11-14-5-2-3-7-15(14)22-17/h2-11H,1H3. The van der Waals surface area contributed by atoms with Crippen LogP contribution in [0.4, 0.5) is 0 Å². The fraction of sp³-hybridized carbons (Fsp3) is 0.0526. The summed E-state index contributed by atoms with van der Waals surface area (Å²) >= 11 is 0. The SMILES string of the molecule is Cc1ccc2cccc(OC(=O)c3cc4ccccc4o3)c2n1. The summed E-state index contributed by atoms with van der Waals surface area (Å²) in [5.41, 5.74) is 2.19. The highest BCUT2D eigenvalue weighted by Crippen LogP contribution is 2.26. The van der Waals surface area contributed by atoms with Gasteiger partial charge in [0.2, 0.25) is 5.76 Å². The molecular formula is C19H13NO3. The lowest BCUT2D eigenvalue weighted by Crippen LogP contribution is -2.07. The third-order valence-corrected chi connectivity index (χ3v) is 3.65. The van der Waals surface area contributed by atoms with Gasteiger partial charge in [-0.3, -0.25) is 0 Å². The van der Waals surface area contributed by atoms with E-state index in [-0.39, 0.29) is 5.76 Å². The van der Waals surface area contributed by atoms with Crippen molar-refractivity contribution in [1.82, 2.24) is 4.98 Å². The number of fused-ring (bicyclic) bond motifs is 2. The summed E-state index contributed by atoms with van der Waals surface area (Å²) in [6, 6.07) is 18.5. The van der Waals surface area contributed by atoms with Gasteiger partial charge in [-0.2, -0.15) is 0 Å². The van der Waals surface area contributed by atoms with Gasteiger partial charge < -0.3 is 9.15 Å².